The first-order valence-corrected chi connectivity index (χ1v) is 6.59. The highest BCUT2D eigenvalue weighted by Crippen LogP contribution is 2.22. The summed E-state index contributed by atoms with van der Waals surface area (Å²) in [5, 5.41) is 0. The molecule has 2 atom stereocenters. The van der Waals surface area contributed by atoms with Crippen LogP contribution in [0.1, 0.15) is 37.0 Å². The van der Waals surface area contributed by atoms with Crippen molar-refractivity contribution in [3.63, 3.8) is 0 Å². The molecule has 2 rings (SSSR count). The first-order chi connectivity index (χ1) is 8.58. The number of Topliss-reactive ketones (excluding diaryl/α,β-unsaturated/α-hetero) is 1. The van der Waals surface area contributed by atoms with Crippen LogP contribution in [0, 0.1) is 11.7 Å². The van der Waals surface area contributed by atoms with Crippen LogP contribution in [-0.4, -0.2) is 29.8 Å². The van der Waals surface area contributed by atoms with Crippen LogP contribution in [0.2, 0.25) is 0 Å². The Kier molecular flexibility index (Phi) is 4.12. The van der Waals surface area contributed by atoms with Gasteiger partial charge in [-0.05, 0) is 44.4 Å². The number of hydrogen-bond acceptors (Lipinski definition) is 2. The Morgan fingerprint density at radius 2 is 2.11 bits per heavy atom. The van der Waals surface area contributed by atoms with Crippen LogP contribution in [0.3, 0.4) is 0 Å². The van der Waals surface area contributed by atoms with E-state index >= 15 is 0 Å². The average Bonchev–Trinajstić information content (AvgIpc) is 2.33. The molecule has 3 heteroatoms. The number of hydrogen-bond donors (Lipinski definition) is 0. The van der Waals surface area contributed by atoms with Crippen LogP contribution in [0.4, 0.5) is 4.39 Å². The van der Waals surface area contributed by atoms with Crippen LogP contribution in [-0.2, 0) is 0 Å². The number of likely N-dealkylation sites (tertiary alicyclic amines) is 1. The summed E-state index contributed by atoms with van der Waals surface area (Å²) in [6, 6.07) is 6.63. The van der Waals surface area contributed by atoms with Crippen molar-refractivity contribution < 1.29 is 9.18 Å². The van der Waals surface area contributed by atoms with Crippen LogP contribution < -0.4 is 0 Å². The van der Waals surface area contributed by atoms with E-state index in [0.29, 0.717) is 12.6 Å². The first kappa shape index (κ1) is 13.2. The van der Waals surface area contributed by atoms with E-state index in [4.69, 9.17) is 0 Å². The molecule has 0 aromatic heterocycles. The van der Waals surface area contributed by atoms with E-state index in [-0.39, 0.29) is 11.3 Å². The van der Waals surface area contributed by atoms with Crippen molar-refractivity contribution >= 4 is 5.78 Å². The average molecular weight is 249 g/mol. The van der Waals surface area contributed by atoms with E-state index in [2.05, 4.69) is 18.7 Å². The van der Waals surface area contributed by atoms with E-state index in [1.54, 1.807) is 18.2 Å². The zero-order valence-corrected chi connectivity index (χ0v) is 11.0. The summed E-state index contributed by atoms with van der Waals surface area (Å²) < 4.78 is 13.5. The maximum atomic E-state index is 13.5. The molecule has 0 saturated carbocycles. The Bertz CT molecular complexity index is 432. The Morgan fingerprint density at radius 1 is 1.39 bits per heavy atom. The van der Waals surface area contributed by atoms with Crippen molar-refractivity contribution in [2.75, 3.05) is 13.1 Å². The molecule has 2 nitrogen and oxygen atoms in total. The van der Waals surface area contributed by atoms with E-state index in [9.17, 15) is 9.18 Å². The third-order valence-corrected chi connectivity index (χ3v) is 3.80. The third-order valence-electron chi connectivity index (χ3n) is 3.80. The molecule has 0 bridgehead atoms. The van der Waals surface area contributed by atoms with E-state index in [1.807, 2.05) is 0 Å². The number of carbonyl (C=O) groups is 1. The summed E-state index contributed by atoms with van der Waals surface area (Å²) in [6.07, 6.45) is 2.24. The molecule has 18 heavy (non-hydrogen) atoms. The van der Waals surface area contributed by atoms with Gasteiger partial charge in [0.2, 0.25) is 0 Å². The molecule has 1 fully saturated rings. The van der Waals surface area contributed by atoms with Gasteiger partial charge in [-0.1, -0.05) is 19.1 Å². The maximum absolute atomic E-state index is 13.5. The number of rotatable bonds is 3. The molecular formula is C15H20FNO. The fraction of sp³-hybridized carbons (Fsp3) is 0.533. The standard InChI is InChI=1S/C15H20FNO/c1-11-7-8-17(12(2)9-11)10-15(18)13-5-3-4-6-14(13)16/h3-6,11-12H,7-10H2,1-2H3. The molecule has 2 unspecified atom stereocenters. The Hall–Kier alpha value is -1.22. The number of benzene rings is 1. The minimum Gasteiger partial charge on any atom is -0.293 e. The Balaban J connectivity index is 2.02. The van der Waals surface area contributed by atoms with Gasteiger partial charge in [-0.2, -0.15) is 0 Å². The highest BCUT2D eigenvalue weighted by atomic mass is 19.1. The molecule has 0 N–H and O–H groups in total. The zero-order valence-electron chi connectivity index (χ0n) is 11.0. The Morgan fingerprint density at radius 3 is 2.78 bits per heavy atom. The molecular weight excluding hydrogens is 229 g/mol. The second kappa shape index (κ2) is 5.61. The largest absolute Gasteiger partial charge is 0.293 e. The normalized spacial score (nSPS) is 25.1. The van der Waals surface area contributed by atoms with Gasteiger partial charge in [0.05, 0.1) is 12.1 Å². The minimum atomic E-state index is -0.416. The van der Waals surface area contributed by atoms with Crippen molar-refractivity contribution in [2.45, 2.75) is 32.7 Å². The molecule has 1 saturated heterocycles. The third kappa shape index (κ3) is 2.96. The first-order valence-electron chi connectivity index (χ1n) is 6.59. The fourth-order valence-corrected chi connectivity index (χ4v) is 2.65. The molecule has 0 spiro atoms. The van der Waals surface area contributed by atoms with E-state index in [1.165, 1.54) is 6.07 Å². The smallest absolute Gasteiger partial charge is 0.179 e. The predicted molar refractivity (Wildman–Crippen MR) is 70.2 cm³/mol. The lowest BCUT2D eigenvalue weighted by Crippen LogP contribution is -2.43. The highest BCUT2D eigenvalue weighted by molar-refractivity contribution is 5.97. The van der Waals surface area contributed by atoms with E-state index < -0.39 is 5.82 Å². The van der Waals surface area contributed by atoms with Gasteiger partial charge in [0, 0.05) is 6.04 Å². The molecule has 1 aliphatic heterocycles. The quantitative estimate of drug-likeness (QED) is 0.767. The lowest BCUT2D eigenvalue weighted by Gasteiger charge is -2.35. The molecule has 0 aliphatic carbocycles. The summed E-state index contributed by atoms with van der Waals surface area (Å²) in [7, 11) is 0. The number of nitrogens with zero attached hydrogens (tertiary/aromatic N) is 1. The highest BCUT2D eigenvalue weighted by Gasteiger charge is 2.25. The molecule has 1 aliphatic rings. The van der Waals surface area contributed by atoms with Gasteiger partial charge in [-0.3, -0.25) is 9.69 Å². The number of carbonyl (C=O) groups excluding carboxylic acids is 1. The van der Waals surface area contributed by atoms with Gasteiger partial charge in [-0.25, -0.2) is 4.39 Å². The van der Waals surface area contributed by atoms with Gasteiger partial charge < -0.3 is 0 Å². The van der Waals surface area contributed by atoms with Gasteiger partial charge in [0.25, 0.3) is 0 Å². The van der Waals surface area contributed by atoms with E-state index in [0.717, 1.165) is 25.3 Å². The fourth-order valence-electron chi connectivity index (χ4n) is 2.65. The van der Waals surface area contributed by atoms with Crippen LogP contribution >= 0.6 is 0 Å². The monoisotopic (exact) mass is 249 g/mol. The zero-order chi connectivity index (χ0) is 13.1. The van der Waals surface area contributed by atoms with Crippen LogP contribution in [0.15, 0.2) is 24.3 Å². The number of halogens is 1. The van der Waals surface area contributed by atoms with Crippen molar-refractivity contribution in [3.05, 3.63) is 35.6 Å². The Labute approximate surface area is 108 Å². The van der Waals surface area contributed by atoms with Crippen molar-refractivity contribution in [1.82, 2.24) is 4.90 Å². The summed E-state index contributed by atoms with van der Waals surface area (Å²) in [6.45, 7) is 5.65. The molecule has 98 valence electrons. The predicted octanol–water partition coefficient (Wildman–Crippen LogP) is 3.13. The SMILES string of the molecule is CC1CCN(CC(=O)c2ccccc2F)C(C)C1. The lowest BCUT2D eigenvalue weighted by atomic mass is 9.93. The van der Waals surface area contributed by atoms with Crippen molar-refractivity contribution in [1.29, 1.82) is 0 Å². The summed E-state index contributed by atoms with van der Waals surface area (Å²) in [5.74, 6) is 0.190. The van der Waals surface area contributed by atoms with Gasteiger partial charge >= 0.3 is 0 Å². The summed E-state index contributed by atoms with van der Waals surface area (Å²) in [5.41, 5.74) is 0.211. The van der Waals surface area contributed by atoms with Crippen molar-refractivity contribution in [3.8, 4) is 0 Å². The minimum absolute atomic E-state index is 0.116. The number of ketones is 1. The van der Waals surface area contributed by atoms with Gasteiger partial charge in [-0.15, -0.1) is 0 Å². The van der Waals surface area contributed by atoms with Crippen molar-refractivity contribution in [2.24, 2.45) is 5.92 Å². The van der Waals surface area contributed by atoms with Crippen LogP contribution in [0.5, 0.6) is 0 Å². The summed E-state index contributed by atoms with van der Waals surface area (Å²) in [4.78, 5) is 14.2. The molecule has 0 radical (unpaired) electrons. The molecule has 1 heterocycles. The second-order valence-electron chi connectivity index (χ2n) is 5.35. The summed E-state index contributed by atoms with van der Waals surface area (Å²) >= 11 is 0. The molecule has 1 aromatic rings. The molecule has 0 amide bonds. The lowest BCUT2D eigenvalue weighted by molar-refractivity contribution is 0.0812. The maximum Gasteiger partial charge on any atom is 0.179 e. The van der Waals surface area contributed by atoms with Crippen LogP contribution in [0.25, 0.3) is 0 Å². The molecule has 1 aromatic carbocycles. The van der Waals surface area contributed by atoms with Gasteiger partial charge in [0.15, 0.2) is 5.78 Å². The van der Waals surface area contributed by atoms with Gasteiger partial charge in [0.1, 0.15) is 5.82 Å². The second-order valence-corrected chi connectivity index (χ2v) is 5.35. The topological polar surface area (TPSA) is 20.3 Å². The number of piperidine rings is 1.